The van der Waals surface area contributed by atoms with Gasteiger partial charge in [0, 0.05) is 23.2 Å². The molecule has 1 aromatic rings. The molecule has 0 amide bonds. The lowest BCUT2D eigenvalue weighted by atomic mass is 9.95. The third kappa shape index (κ3) is 12.2. The number of thioether (sulfide) groups is 1. The summed E-state index contributed by atoms with van der Waals surface area (Å²) in [6, 6.07) is 0. The van der Waals surface area contributed by atoms with Gasteiger partial charge < -0.3 is 25.0 Å². The Morgan fingerprint density at radius 2 is 1.64 bits per heavy atom. The Balaban J connectivity index is 2.95. The quantitative estimate of drug-likeness (QED) is 0.214. The van der Waals surface area contributed by atoms with Gasteiger partial charge in [-0.15, -0.1) is 24.6 Å². The van der Waals surface area contributed by atoms with Crippen molar-refractivity contribution in [1.82, 2.24) is 19.4 Å². The number of hydrogen-bond acceptors (Lipinski definition) is 13. The van der Waals surface area contributed by atoms with E-state index in [-0.39, 0.29) is 36.7 Å². The van der Waals surface area contributed by atoms with Crippen molar-refractivity contribution in [3.63, 3.8) is 0 Å². The van der Waals surface area contributed by atoms with Gasteiger partial charge >= 0.3 is 0 Å². The summed E-state index contributed by atoms with van der Waals surface area (Å²) in [7, 11) is 0. The van der Waals surface area contributed by atoms with E-state index < -0.39 is 27.1 Å². The molecule has 33 heavy (non-hydrogen) atoms. The molecule has 13 nitrogen and oxygen atoms in total. The molecule has 1 aromatic heterocycles. The van der Waals surface area contributed by atoms with E-state index in [4.69, 9.17) is 9.57 Å². The average molecular weight is 511 g/mol. The summed E-state index contributed by atoms with van der Waals surface area (Å²) in [6.07, 6.45) is -0.869. The molecule has 0 aliphatic rings. The summed E-state index contributed by atoms with van der Waals surface area (Å²) < 4.78 is 14.1. The van der Waals surface area contributed by atoms with Gasteiger partial charge in [-0.05, 0) is 55.4 Å². The first-order valence-electron chi connectivity index (χ1n) is 10.2. The lowest BCUT2D eigenvalue weighted by Gasteiger charge is -2.39. The Labute approximate surface area is 201 Å². The van der Waals surface area contributed by atoms with Crippen LogP contribution in [-0.2, 0) is 9.68 Å². The van der Waals surface area contributed by atoms with Gasteiger partial charge in [-0.2, -0.15) is 4.37 Å². The highest BCUT2D eigenvalue weighted by atomic mass is 32.2. The molecule has 0 saturated carbocycles. The monoisotopic (exact) mass is 510 g/mol. The minimum Gasteiger partial charge on any atom is -0.473 e. The molecule has 2 unspecified atom stereocenters. The van der Waals surface area contributed by atoms with Gasteiger partial charge in [0.25, 0.3) is 16.1 Å². The highest BCUT2D eigenvalue weighted by molar-refractivity contribution is 8.00. The molecule has 0 aliphatic carbocycles. The molecular weight excluding hydrogens is 476 g/mol. The molecule has 0 aliphatic heterocycles. The Bertz CT molecular complexity index is 779. The van der Waals surface area contributed by atoms with E-state index in [9.17, 15) is 20.2 Å². The van der Waals surface area contributed by atoms with E-state index in [2.05, 4.69) is 24.2 Å². The van der Waals surface area contributed by atoms with Crippen molar-refractivity contribution in [1.29, 1.82) is 0 Å². The van der Waals surface area contributed by atoms with E-state index in [1.165, 1.54) is 11.8 Å². The lowest BCUT2D eigenvalue weighted by Crippen LogP contribution is -2.57. The van der Waals surface area contributed by atoms with Crippen molar-refractivity contribution >= 4 is 23.5 Å². The van der Waals surface area contributed by atoms with Crippen LogP contribution >= 0.6 is 23.5 Å². The Hall–Kier alpha value is -1.97. The zero-order chi connectivity index (χ0) is 25.4. The van der Waals surface area contributed by atoms with Crippen LogP contribution in [0.3, 0.4) is 0 Å². The molecule has 1 rings (SSSR count). The molecule has 15 heteroatoms. The molecule has 2 atom stereocenters. The average Bonchev–Trinajstić information content (AvgIpc) is 3.04. The van der Waals surface area contributed by atoms with Crippen LogP contribution in [0, 0.1) is 20.2 Å². The summed E-state index contributed by atoms with van der Waals surface area (Å²) >= 11 is 2.13. The van der Waals surface area contributed by atoms with Gasteiger partial charge in [0.05, 0.1) is 17.0 Å². The maximum atomic E-state index is 10.9. The normalized spacial score (nSPS) is 14.4. The molecule has 0 radical (unpaired) electrons. The van der Waals surface area contributed by atoms with Crippen molar-refractivity contribution in [2.45, 2.75) is 88.4 Å². The molecule has 190 valence electrons. The number of rotatable bonds is 14. The van der Waals surface area contributed by atoms with E-state index >= 15 is 0 Å². The smallest absolute Gasteiger partial charge is 0.294 e. The van der Waals surface area contributed by atoms with E-state index in [0.29, 0.717) is 5.03 Å². The van der Waals surface area contributed by atoms with Gasteiger partial charge in [-0.25, -0.2) is 0 Å². The molecule has 0 saturated heterocycles. The fraction of sp³-hybridized carbons (Fsp3) is 0.889. The van der Waals surface area contributed by atoms with Crippen LogP contribution in [0.25, 0.3) is 0 Å². The number of aromatic nitrogens is 2. The van der Waals surface area contributed by atoms with Crippen LogP contribution < -0.4 is 15.4 Å². The van der Waals surface area contributed by atoms with Crippen LogP contribution in [0.2, 0.25) is 0 Å². The number of nitrogens with zero attached hydrogens (tertiary/aromatic N) is 4. The summed E-state index contributed by atoms with van der Waals surface area (Å²) in [6.45, 7) is 15.4. The molecule has 0 aromatic carbocycles. The fourth-order valence-corrected chi connectivity index (χ4v) is 4.57. The number of hydrogen-bond donors (Lipinski definition) is 2. The standard InChI is InChI=1S/C18H34N6O7S2/c1-16(2,3)19-9-12(31-24(27)28)10-29-14-15(21-33-20-14)32-13(11-30-23(25)26)18(7,8)22-17(4,5)6/h12-13,19,22H,9-11H2,1-8H3. The Morgan fingerprint density at radius 3 is 2.15 bits per heavy atom. The minimum absolute atomic E-state index is 0.136. The second-order valence-electron chi connectivity index (χ2n) is 9.99. The summed E-state index contributed by atoms with van der Waals surface area (Å²) in [5, 5.41) is 26.5. The zero-order valence-electron chi connectivity index (χ0n) is 20.2. The third-order valence-electron chi connectivity index (χ3n) is 4.02. The molecule has 0 bridgehead atoms. The summed E-state index contributed by atoms with van der Waals surface area (Å²) in [5.41, 5.74) is -1.12. The van der Waals surface area contributed by atoms with E-state index in [0.717, 1.165) is 11.7 Å². The lowest BCUT2D eigenvalue weighted by molar-refractivity contribution is -0.768. The Kier molecular flexibility index (Phi) is 10.5. The topological polar surface area (TPSA) is 164 Å². The van der Waals surface area contributed by atoms with Crippen LogP contribution in [-0.4, -0.2) is 66.6 Å². The van der Waals surface area contributed by atoms with Crippen molar-refractivity contribution in [3.8, 4) is 5.88 Å². The SMILES string of the molecule is CC(C)(C)NCC(COc1nsnc1SC(CO[N+](=O)[O-])C(C)(C)NC(C)(C)C)O[N+](=O)[O-]. The van der Waals surface area contributed by atoms with Crippen LogP contribution in [0.4, 0.5) is 0 Å². The van der Waals surface area contributed by atoms with Gasteiger partial charge in [0.1, 0.15) is 13.2 Å². The summed E-state index contributed by atoms with van der Waals surface area (Å²) in [5.74, 6) is 0.176. The zero-order valence-corrected chi connectivity index (χ0v) is 21.9. The molecule has 2 N–H and O–H groups in total. The van der Waals surface area contributed by atoms with Crippen molar-refractivity contribution in [2.75, 3.05) is 19.8 Å². The second-order valence-corrected chi connectivity index (χ2v) is 11.7. The molecule has 0 fully saturated rings. The van der Waals surface area contributed by atoms with E-state index in [1.54, 1.807) is 0 Å². The predicted molar refractivity (Wildman–Crippen MR) is 125 cm³/mol. The van der Waals surface area contributed by atoms with Crippen molar-refractivity contribution in [3.05, 3.63) is 20.2 Å². The highest BCUT2D eigenvalue weighted by Crippen LogP contribution is 2.36. The first kappa shape index (κ1) is 29.1. The van der Waals surface area contributed by atoms with Crippen LogP contribution in [0.5, 0.6) is 5.88 Å². The second kappa shape index (κ2) is 11.9. The highest BCUT2D eigenvalue weighted by Gasteiger charge is 2.36. The van der Waals surface area contributed by atoms with Crippen molar-refractivity contribution < 1.29 is 24.6 Å². The van der Waals surface area contributed by atoms with Crippen molar-refractivity contribution in [2.24, 2.45) is 0 Å². The van der Waals surface area contributed by atoms with Gasteiger partial charge in [0.15, 0.2) is 11.1 Å². The van der Waals surface area contributed by atoms with Gasteiger partial charge in [-0.1, -0.05) is 11.8 Å². The molecule has 1 heterocycles. The maximum absolute atomic E-state index is 10.9. The predicted octanol–water partition coefficient (Wildman–Crippen LogP) is 2.72. The maximum Gasteiger partial charge on any atom is 0.294 e. The Morgan fingerprint density at radius 1 is 1.00 bits per heavy atom. The van der Waals surface area contributed by atoms with Gasteiger partial charge in [0.2, 0.25) is 0 Å². The summed E-state index contributed by atoms with van der Waals surface area (Å²) in [4.78, 5) is 31.1. The van der Waals surface area contributed by atoms with Gasteiger partial charge in [-0.3, -0.25) is 0 Å². The molecular formula is C18H34N6O7S2. The third-order valence-corrected chi connectivity index (χ3v) is 6.15. The van der Waals surface area contributed by atoms with Crippen LogP contribution in [0.15, 0.2) is 5.03 Å². The largest absolute Gasteiger partial charge is 0.473 e. The first-order chi connectivity index (χ1) is 15.0. The van der Waals surface area contributed by atoms with Crippen LogP contribution in [0.1, 0.15) is 55.4 Å². The first-order valence-corrected chi connectivity index (χ1v) is 11.8. The minimum atomic E-state index is -0.869. The number of ether oxygens (including phenoxy) is 1. The molecule has 0 spiro atoms. The van der Waals surface area contributed by atoms with E-state index in [1.807, 2.05) is 55.4 Å². The fourth-order valence-electron chi connectivity index (χ4n) is 2.87. The number of nitrogens with one attached hydrogen (secondary N) is 2.